The van der Waals surface area contributed by atoms with E-state index in [4.69, 9.17) is 4.98 Å². The topological polar surface area (TPSA) is 16.1 Å². The van der Waals surface area contributed by atoms with Gasteiger partial charge in [-0.1, -0.05) is 26.8 Å². The zero-order valence-electron chi connectivity index (χ0n) is 11.2. The second kappa shape index (κ2) is 3.81. The molecule has 0 saturated carbocycles. The number of nitrogens with zero attached hydrogens (tertiary/aromatic N) is 2. The number of aromatic nitrogens is 1. The van der Waals surface area contributed by atoms with Gasteiger partial charge in [0.2, 0.25) is 0 Å². The lowest BCUT2D eigenvalue weighted by Gasteiger charge is -2.26. The minimum atomic E-state index is 0.211. The third-order valence-corrected chi connectivity index (χ3v) is 4.24. The highest BCUT2D eigenvalue weighted by Gasteiger charge is 2.29. The van der Waals surface area contributed by atoms with E-state index in [-0.39, 0.29) is 5.41 Å². The molecule has 3 aliphatic heterocycles. The molecule has 1 fully saturated rings. The van der Waals surface area contributed by atoms with Gasteiger partial charge in [0.15, 0.2) is 0 Å². The van der Waals surface area contributed by atoms with Gasteiger partial charge >= 0.3 is 0 Å². The van der Waals surface area contributed by atoms with Crippen LogP contribution in [0.15, 0.2) is 12.3 Å². The van der Waals surface area contributed by atoms with E-state index in [2.05, 4.69) is 37.9 Å². The molecule has 2 heteroatoms. The summed E-state index contributed by atoms with van der Waals surface area (Å²) >= 11 is 0. The molecule has 0 unspecified atom stereocenters. The first-order valence-electron chi connectivity index (χ1n) is 6.76. The lowest BCUT2D eigenvalue weighted by Crippen LogP contribution is -2.28. The van der Waals surface area contributed by atoms with Crippen LogP contribution in [0, 0.1) is 0 Å². The number of rotatable bonds is 0. The fraction of sp³-hybridized carbons (Fsp3) is 0.667. The van der Waals surface area contributed by atoms with Crippen molar-refractivity contribution < 1.29 is 0 Å². The van der Waals surface area contributed by atoms with Gasteiger partial charge in [0, 0.05) is 24.4 Å². The van der Waals surface area contributed by atoms with Crippen LogP contribution in [-0.4, -0.2) is 23.0 Å². The lowest BCUT2D eigenvalue weighted by atomic mass is 9.86. The van der Waals surface area contributed by atoms with Crippen molar-refractivity contribution in [3.8, 4) is 0 Å². The van der Waals surface area contributed by atoms with Gasteiger partial charge in [0.05, 0.1) is 0 Å². The van der Waals surface area contributed by atoms with Crippen molar-refractivity contribution in [2.24, 2.45) is 0 Å². The molecule has 4 rings (SSSR count). The quantitative estimate of drug-likeness (QED) is 0.681. The molecule has 0 spiro atoms. The first-order chi connectivity index (χ1) is 8.04. The molecule has 92 valence electrons. The Kier molecular flexibility index (Phi) is 2.51. The predicted molar refractivity (Wildman–Crippen MR) is 70.2 cm³/mol. The van der Waals surface area contributed by atoms with Gasteiger partial charge in [-0.05, 0) is 42.5 Å². The molecule has 0 radical (unpaired) electrons. The summed E-state index contributed by atoms with van der Waals surface area (Å²) in [6.45, 7) is 10.4. The molecular weight excluding hydrogens is 208 g/mol. The van der Waals surface area contributed by atoms with Crippen molar-refractivity contribution in [1.29, 1.82) is 0 Å². The maximum atomic E-state index is 4.80. The first-order valence-corrected chi connectivity index (χ1v) is 6.76. The monoisotopic (exact) mass is 230 g/mol. The normalized spacial score (nSPS) is 27.7. The molecule has 1 aromatic rings. The van der Waals surface area contributed by atoms with E-state index < -0.39 is 0 Å². The second-order valence-electron chi connectivity index (χ2n) is 6.57. The Hall–Kier alpha value is -0.890. The Morgan fingerprint density at radius 1 is 1.24 bits per heavy atom. The Labute approximate surface area is 104 Å². The van der Waals surface area contributed by atoms with E-state index in [1.807, 2.05) is 0 Å². The SMILES string of the molecule is CC(C)(C)c1cnc2c(c1)CN1CCC2CC1. The van der Waals surface area contributed by atoms with Gasteiger partial charge < -0.3 is 0 Å². The largest absolute Gasteiger partial charge is 0.299 e. The number of fused-ring (bicyclic) bond motifs is 2. The fourth-order valence-electron chi connectivity index (χ4n) is 3.03. The van der Waals surface area contributed by atoms with Crippen molar-refractivity contribution in [3.63, 3.8) is 0 Å². The third kappa shape index (κ3) is 1.99. The van der Waals surface area contributed by atoms with Gasteiger partial charge in [0.25, 0.3) is 0 Å². The smallest absolute Gasteiger partial charge is 0.0480 e. The van der Waals surface area contributed by atoms with Crippen molar-refractivity contribution in [3.05, 3.63) is 29.1 Å². The van der Waals surface area contributed by atoms with E-state index in [9.17, 15) is 0 Å². The molecule has 1 saturated heterocycles. The molecule has 4 heterocycles. The molecule has 0 aliphatic carbocycles. The van der Waals surface area contributed by atoms with E-state index in [1.54, 1.807) is 0 Å². The highest BCUT2D eigenvalue weighted by molar-refractivity contribution is 5.33. The summed E-state index contributed by atoms with van der Waals surface area (Å²) in [6.07, 6.45) is 4.70. The molecular formula is C15H22N2. The van der Waals surface area contributed by atoms with Crippen LogP contribution in [-0.2, 0) is 12.0 Å². The molecule has 1 aromatic heterocycles. The Morgan fingerprint density at radius 3 is 2.59 bits per heavy atom. The first kappa shape index (κ1) is 11.2. The van der Waals surface area contributed by atoms with Crippen LogP contribution in [0.25, 0.3) is 0 Å². The minimum absolute atomic E-state index is 0.211. The van der Waals surface area contributed by atoms with Crippen LogP contribution < -0.4 is 0 Å². The molecule has 0 atom stereocenters. The summed E-state index contributed by atoms with van der Waals surface area (Å²) in [7, 11) is 0. The number of hydrogen-bond acceptors (Lipinski definition) is 2. The van der Waals surface area contributed by atoms with Gasteiger partial charge in [-0.25, -0.2) is 0 Å². The van der Waals surface area contributed by atoms with Gasteiger partial charge in [0.1, 0.15) is 0 Å². The summed E-state index contributed by atoms with van der Waals surface area (Å²) in [5.74, 6) is 0.720. The van der Waals surface area contributed by atoms with E-state index >= 15 is 0 Å². The minimum Gasteiger partial charge on any atom is -0.299 e. The van der Waals surface area contributed by atoms with Crippen LogP contribution in [0.3, 0.4) is 0 Å². The van der Waals surface area contributed by atoms with Gasteiger partial charge in [-0.3, -0.25) is 9.88 Å². The van der Waals surface area contributed by atoms with Crippen molar-refractivity contribution in [2.45, 2.75) is 51.5 Å². The summed E-state index contributed by atoms with van der Waals surface area (Å²) in [5, 5.41) is 0. The predicted octanol–water partition coefficient (Wildman–Crippen LogP) is 3.07. The van der Waals surface area contributed by atoms with Crippen LogP contribution >= 0.6 is 0 Å². The Balaban J connectivity index is 2.04. The summed E-state index contributed by atoms with van der Waals surface area (Å²) in [4.78, 5) is 7.38. The van der Waals surface area contributed by atoms with Crippen LogP contribution in [0.4, 0.5) is 0 Å². The zero-order chi connectivity index (χ0) is 12.0. The molecule has 0 aromatic carbocycles. The molecule has 0 amide bonds. The Morgan fingerprint density at radius 2 is 1.94 bits per heavy atom. The highest BCUT2D eigenvalue weighted by atomic mass is 15.1. The maximum absolute atomic E-state index is 4.80. The zero-order valence-corrected chi connectivity index (χ0v) is 11.2. The molecule has 2 bridgehead atoms. The number of hydrogen-bond donors (Lipinski definition) is 0. The number of piperidine rings is 1. The van der Waals surface area contributed by atoms with E-state index in [1.165, 1.54) is 42.8 Å². The van der Waals surface area contributed by atoms with Gasteiger partial charge in [-0.2, -0.15) is 0 Å². The summed E-state index contributed by atoms with van der Waals surface area (Å²) in [6, 6.07) is 2.40. The standard InChI is InChI=1S/C15H22N2/c1-15(2,3)13-8-12-10-17-6-4-11(5-7-17)14(12)16-9-13/h8-9,11H,4-7,10H2,1-3H3. The summed E-state index contributed by atoms with van der Waals surface area (Å²) < 4.78 is 0. The molecule has 0 N–H and O–H groups in total. The number of pyridine rings is 1. The van der Waals surface area contributed by atoms with Crippen molar-refractivity contribution in [1.82, 2.24) is 9.88 Å². The van der Waals surface area contributed by atoms with E-state index in [0.29, 0.717) is 0 Å². The van der Waals surface area contributed by atoms with Crippen molar-refractivity contribution in [2.75, 3.05) is 13.1 Å². The lowest BCUT2D eigenvalue weighted by molar-refractivity contribution is 0.220. The third-order valence-electron chi connectivity index (χ3n) is 4.24. The molecule has 3 aliphatic rings. The molecule has 2 nitrogen and oxygen atoms in total. The second-order valence-corrected chi connectivity index (χ2v) is 6.57. The Bertz CT molecular complexity index is 423. The summed E-state index contributed by atoms with van der Waals surface area (Å²) in [5.41, 5.74) is 4.46. The van der Waals surface area contributed by atoms with Crippen LogP contribution in [0.2, 0.25) is 0 Å². The fourth-order valence-corrected chi connectivity index (χ4v) is 3.03. The average molecular weight is 230 g/mol. The van der Waals surface area contributed by atoms with Crippen LogP contribution in [0.5, 0.6) is 0 Å². The molecule has 17 heavy (non-hydrogen) atoms. The van der Waals surface area contributed by atoms with E-state index in [0.717, 1.165) is 12.5 Å². The maximum Gasteiger partial charge on any atom is 0.0480 e. The van der Waals surface area contributed by atoms with Gasteiger partial charge in [-0.15, -0.1) is 0 Å². The van der Waals surface area contributed by atoms with Crippen LogP contribution in [0.1, 0.15) is 56.4 Å². The highest BCUT2D eigenvalue weighted by Crippen LogP contribution is 2.35. The average Bonchev–Trinajstić information content (AvgIpc) is 2.55. The van der Waals surface area contributed by atoms with Crippen molar-refractivity contribution >= 4 is 0 Å².